The van der Waals surface area contributed by atoms with Gasteiger partial charge in [0, 0.05) is 10.8 Å². The lowest BCUT2D eigenvalue weighted by atomic mass is 9.81. The van der Waals surface area contributed by atoms with E-state index < -0.39 is 23.8 Å². The van der Waals surface area contributed by atoms with Gasteiger partial charge < -0.3 is 24.4 Å². The summed E-state index contributed by atoms with van der Waals surface area (Å²) in [6, 6.07) is 0. The van der Waals surface area contributed by atoms with Crippen LogP contribution in [-0.2, 0) is 14.2 Å². The minimum Gasteiger partial charge on any atom is -0.450 e. The third-order valence-corrected chi connectivity index (χ3v) is 4.16. The van der Waals surface area contributed by atoms with Crippen LogP contribution in [0.25, 0.3) is 0 Å². The van der Waals surface area contributed by atoms with E-state index in [1.165, 1.54) is 0 Å². The fraction of sp³-hybridized carbons (Fsp3) is 0.889. The van der Waals surface area contributed by atoms with Crippen LogP contribution in [0.2, 0.25) is 0 Å². The van der Waals surface area contributed by atoms with Gasteiger partial charge in [0.25, 0.3) is 0 Å². The van der Waals surface area contributed by atoms with Gasteiger partial charge in [-0.05, 0) is 11.8 Å². The molecular weight excluding hydrogens is 328 g/mol. The molecule has 1 rings (SSSR count). The van der Waals surface area contributed by atoms with Crippen LogP contribution < -0.4 is 0 Å². The van der Waals surface area contributed by atoms with Gasteiger partial charge in [-0.2, -0.15) is 0 Å². The van der Waals surface area contributed by atoms with Gasteiger partial charge in [0.15, 0.2) is 0 Å². The van der Waals surface area contributed by atoms with E-state index in [-0.39, 0.29) is 24.0 Å². The molecule has 0 aromatic heterocycles. The maximum atomic E-state index is 10.8. The Kier molecular flexibility index (Phi) is 8.71. The second-order valence-electron chi connectivity index (χ2n) is 8.54. The average Bonchev–Trinajstić information content (AvgIpc) is 2.47. The van der Waals surface area contributed by atoms with E-state index in [4.69, 9.17) is 14.6 Å². The van der Waals surface area contributed by atoms with Crippen molar-refractivity contribution in [1.82, 2.24) is 0 Å². The summed E-state index contributed by atoms with van der Waals surface area (Å²) in [5.41, 5.74) is -0.603. The first-order valence-corrected chi connectivity index (χ1v) is 8.58. The molecule has 1 heterocycles. The van der Waals surface area contributed by atoms with Crippen molar-refractivity contribution in [1.29, 1.82) is 0 Å². The Morgan fingerprint density at radius 3 is 2.20 bits per heavy atom. The molecule has 1 fully saturated rings. The molecule has 0 saturated carbocycles. The largest absolute Gasteiger partial charge is 0.508 e. The van der Waals surface area contributed by atoms with E-state index in [9.17, 15) is 14.7 Å². The molecule has 2 unspecified atom stereocenters. The van der Waals surface area contributed by atoms with Crippen LogP contribution in [0.3, 0.4) is 0 Å². The second-order valence-corrected chi connectivity index (χ2v) is 8.54. The van der Waals surface area contributed by atoms with Gasteiger partial charge in [0.05, 0.1) is 6.10 Å². The van der Waals surface area contributed by atoms with Crippen LogP contribution in [0, 0.1) is 22.7 Å². The molecule has 1 saturated heterocycles. The molecule has 1 aliphatic rings. The Labute approximate surface area is 150 Å². The minimum atomic E-state index is -1.30. The van der Waals surface area contributed by atoms with Crippen molar-refractivity contribution in [3.05, 3.63) is 0 Å². The zero-order valence-corrected chi connectivity index (χ0v) is 16.7. The number of aliphatic hydroxyl groups is 1. The van der Waals surface area contributed by atoms with Crippen LogP contribution >= 0.6 is 0 Å². The normalized spacial score (nSPS) is 20.9. The highest BCUT2D eigenvalue weighted by atomic mass is 16.7. The van der Waals surface area contributed by atoms with Crippen LogP contribution in [0.15, 0.2) is 0 Å². The molecule has 1 aliphatic heterocycles. The van der Waals surface area contributed by atoms with Gasteiger partial charge in [-0.1, -0.05) is 55.4 Å². The Balaban J connectivity index is 0.000000462. The first kappa shape index (κ1) is 23.5. The number of cyclic esters (lactones) is 2. The van der Waals surface area contributed by atoms with Gasteiger partial charge >= 0.3 is 12.3 Å². The Bertz CT molecular complexity index is 441. The van der Waals surface area contributed by atoms with Gasteiger partial charge in [-0.25, -0.2) is 9.59 Å². The topological polar surface area (TPSA) is 102 Å². The van der Waals surface area contributed by atoms with E-state index in [1.807, 2.05) is 41.5 Å². The van der Waals surface area contributed by atoms with Gasteiger partial charge in [0.1, 0.15) is 19.3 Å². The molecule has 0 aromatic carbocycles. The van der Waals surface area contributed by atoms with Gasteiger partial charge in [-0.15, -0.1) is 0 Å². The summed E-state index contributed by atoms with van der Waals surface area (Å²) in [5, 5.41) is 18.0. The molecule has 0 aliphatic carbocycles. The summed E-state index contributed by atoms with van der Waals surface area (Å²) < 4.78 is 14.3. The van der Waals surface area contributed by atoms with Gasteiger partial charge in [-0.3, -0.25) is 0 Å². The molecular formula is C18H34O7. The second kappa shape index (κ2) is 9.27. The fourth-order valence-electron chi connectivity index (χ4n) is 2.90. The molecule has 0 aromatic rings. The monoisotopic (exact) mass is 362 g/mol. The summed E-state index contributed by atoms with van der Waals surface area (Å²) in [6.45, 7) is 16.0. The van der Waals surface area contributed by atoms with Crippen molar-refractivity contribution < 1.29 is 34.0 Å². The number of hydrogen-bond donors (Lipinski definition) is 2. The van der Waals surface area contributed by atoms with Crippen molar-refractivity contribution in [3.8, 4) is 0 Å². The van der Waals surface area contributed by atoms with Crippen LogP contribution in [-0.4, -0.2) is 47.9 Å². The summed E-state index contributed by atoms with van der Waals surface area (Å²) in [6.07, 6.45) is -2.43. The molecule has 2 N–H and O–H groups in total. The van der Waals surface area contributed by atoms with Crippen LogP contribution in [0.5, 0.6) is 0 Å². The van der Waals surface area contributed by atoms with Crippen LogP contribution in [0.4, 0.5) is 9.59 Å². The molecule has 7 heteroatoms. The fourth-order valence-corrected chi connectivity index (χ4v) is 2.90. The van der Waals surface area contributed by atoms with E-state index in [0.717, 1.165) is 0 Å². The van der Waals surface area contributed by atoms with E-state index >= 15 is 0 Å². The van der Waals surface area contributed by atoms with E-state index in [0.29, 0.717) is 12.5 Å². The number of carbonyl (C=O) groups is 2. The highest BCUT2D eigenvalue weighted by molar-refractivity contribution is 5.61. The SMILES string of the molecule is CC(C)C(O)C(C)(C)COC(=O)O.CC(C)C1OC(=O)OCC1(C)C. The lowest BCUT2D eigenvalue weighted by molar-refractivity contribution is -0.112. The Morgan fingerprint density at radius 1 is 1.32 bits per heavy atom. The maximum absolute atomic E-state index is 10.8. The van der Waals surface area contributed by atoms with Crippen molar-refractivity contribution in [3.63, 3.8) is 0 Å². The molecule has 0 spiro atoms. The van der Waals surface area contributed by atoms with Crippen molar-refractivity contribution in [2.45, 2.75) is 67.6 Å². The maximum Gasteiger partial charge on any atom is 0.508 e. The zero-order valence-electron chi connectivity index (χ0n) is 16.7. The zero-order chi connectivity index (χ0) is 20.0. The highest BCUT2D eigenvalue weighted by Gasteiger charge is 2.40. The molecule has 25 heavy (non-hydrogen) atoms. The summed E-state index contributed by atoms with van der Waals surface area (Å²) >= 11 is 0. The third kappa shape index (κ3) is 7.94. The number of carboxylic acid groups (broad SMARTS) is 1. The number of hydrogen-bond acceptors (Lipinski definition) is 6. The molecule has 148 valence electrons. The summed E-state index contributed by atoms with van der Waals surface area (Å²) in [4.78, 5) is 21.0. The van der Waals surface area contributed by atoms with Crippen molar-refractivity contribution in [2.75, 3.05) is 13.2 Å². The Hall–Kier alpha value is -1.50. The highest BCUT2D eigenvalue weighted by Crippen LogP contribution is 2.32. The first-order chi connectivity index (χ1) is 11.2. The van der Waals surface area contributed by atoms with Crippen molar-refractivity contribution >= 4 is 12.3 Å². The first-order valence-electron chi connectivity index (χ1n) is 8.58. The van der Waals surface area contributed by atoms with Gasteiger partial charge in [0.2, 0.25) is 0 Å². The molecule has 7 nitrogen and oxygen atoms in total. The van der Waals surface area contributed by atoms with E-state index in [1.54, 1.807) is 13.8 Å². The number of ether oxygens (including phenoxy) is 3. The molecule has 2 atom stereocenters. The lowest BCUT2D eigenvalue weighted by Gasteiger charge is -2.39. The quantitative estimate of drug-likeness (QED) is 0.714. The number of aliphatic hydroxyl groups excluding tert-OH is 1. The summed E-state index contributed by atoms with van der Waals surface area (Å²) in [5.74, 6) is 0.431. The van der Waals surface area contributed by atoms with Crippen molar-refractivity contribution in [2.24, 2.45) is 22.7 Å². The standard InChI is InChI=1S/C9H18O4.C9H16O3/c1-6(2)7(10)9(3,4)5-13-8(11)12;1-6(2)7-9(3,4)5-11-8(10)12-7/h6-7,10H,5H2,1-4H3,(H,11,12);6-7H,5H2,1-4H3. The predicted molar refractivity (Wildman–Crippen MR) is 93.4 cm³/mol. The molecule has 0 bridgehead atoms. The average molecular weight is 362 g/mol. The third-order valence-electron chi connectivity index (χ3n) is 4.16. The lowest BCUT2D eigenvalue weighted by Crippen LogP contribution is -2.46. The number of carbonyl (C=O) groups excluding carboxylic acids is 1. The smallest absolute Gasteiger partial charge is 0.450 e. The molecule has 0 amide bonds. The predicted octanol–water partition coefficient (Wildman–Crippen LogP) is 3.93. The van der Waals surface area contributed by atoms with Crippen LogP contribution in [0.1, 0.15) is 55.4 Å². The number of rotatable bonds is 5. The molecule has 0 radical (unpaired) electrons. The van der Waals surface area contributed by atoms with E-state index in [2.05, 4.69) is 4.74 Å². The minimum absolute atomic E-state index is 0.0156. The summed E-state index contributed by atoms with van der Waals surface area (Å²) in [7, 11) is 0. The Morgan fingerprint density at radius 2 is 1.84 bits per heavy atom.